The van der Waals surface area contributed by atoms with E-state index in [2.05, 4.69) is 0 Å². The minimum Gasteiger partial charge on any atom is -0.461 e. The van der Waals surface area contributed by atoms with Crippen LogP contribution in [0.1, 0.15) is 47.0 Å². The van der Waals surface area contributed by atoms with Crippen molar-refractivity contribution >= 4 is 27.5 Å². The summed E-state index contributed by atoms with van der Waals surface area (Å²) in [5.41, 5.74) is 0.400. The van der Waals surface area contributed by atoms with E-state index in [1.54, 1.807) is 0 Å². The highest BCUT2D eigenvalue weighted by atomic mass is 32.2. The molecule has 0 aliphatic carbocycles. The van der Waals surface area contributed by atoms with Crippen molar-refractivity contribution in [1.82, 2.24) is 4.90 Å². The molecule has 1 fully saturated rings. The predicted molar refractivity (Wildman–Crippen MR) is 86.4 cm³/mol. The lowest BCUT2D eigenvalue weighted by Crippen LogP contribution is -2.59. The van der Waals surface area contributed by atoms with Gasteiger partial charge < -0.3 is 4.74 Å². The first-order valence-corrected chi connectivity index (χ1v) is 9.56. The lowest BCUT2D eigenvalue weighted by Gasteiger charge is -2.45. The molecule has 2 rings (SSSR count). The second-order valence-electron chi connectivity index (χ2n) is 7.23. The van der Waals surface area contributed by atoms with Crippen molar-refractivity contribution in [2.24, 2.45) is 5.41 Å². The van der Waals surface area contributed by atoms with E-state index < -0.39 is 26.6 Å². The number of hydrogen-bond acceptors (Lipinski definition) is 6. The Balaban J connectivity index is 2.29. The largest absolute Gasteiger partial charge is 0.461 e. The maximum atomic E-state index is 12.3. The fraction of sp³-hybridized carbons (Fsp3) is 0.688. The summed E-state index contributed by atoms with van der Waals surface area (Å²) in [6, 6.07) is 0. The molecule has 8 heteroatoms. The van der Waals surface area contributed by atoms with E-state index in [1.807, 2.05) is 20.8 Å². The van der Waals surface area contributed by atoms with Gasteiger partial charge in [-0.15, -0.1) is 0 Å². The van der Waals surface area contributed by atoms with Crippen LogP contribution in [-0.4, -0.2) is 48.7 Å². The zero-order chi connectivity index (χ0) is 18.3. The number of amides is 1. The van der Waals surface area contributed by atoms with Crippen LogP contribution in [-0.2, 0) is 29.0 Å². The first kappa shape index (κ1) is 18.6. The van der Waals surface area contributed by atoms with E-state index in [-0.39, 0.29) is 43.3 Å². The summed E-state index contributed by atoms with van der Waals surface area (Å²) in [5, 5.41) is -0.842. The molecule has 1 atom stereocenters. The summed E-state index contributed by atoms with van der Waals surface area (Å²) in [7, 11) is -3.48. The summed E-state index contributed by atoms with van der Waals surface area (Å²) >= 11 is 0. The number of carbonyl (C=O) groups is 3. The van der Waals surface area contributed by atoms with Crippen molar-refractivity contribution in [3.8, 4) is 0 Å². The molecular formula is C16H23NO6S. The first-order valence-electron chi connectivity index (χ1n) is 7.84. The maximum absolute atomic E-state index is 12.3. The van der Waals surface area contributed by atoms with Gasteiger partial charge in [0.2, 0.25) is 5.91 Å². The number of esters is 1. The van der Waals surface area contributed by atoms with Crippen LogP contribution >= 0.6 is 0 Å². The zero-order valence-electron chi connectivity index (χ0n) is 14.4. The van der Waals surface area contributed by atoms with E-state index in [0.717, 1.165) is 0 Å². The summed E-state index contributed by atoms with van der Waals surface area (Å²) in [6.45, 7) is 6.49. The van der Waals surface area contributed by atoms with Gasteiger partial charge in [0.25, 0.3) is 0 Å². The minimum absolute atomic E-state index is 0.0276. The Morgan fingerprint density at radius 1 is 1.29 bits per heavy atom. The number of rotatable bonds is 5. The number of ketones is 1. The number of sulfone groups is 1. The topological polar surface area (TPSA) is 97.8 Å². The van der Waals surface area contributed by atoms with Crippen LogP contribution in [0.15, 0.2) is 11.3 Å². The number of β-lactam (4-membered cyclic amide) rings is 1. The van der Waals surface area contributed by atoms with Gasteiger partial charge in [-0.25, -0.2) is 8.42 Å². The van der Waals surface area contributed by atoms with Crippen molar-refractivity contribution in [3.63, 3.8) is 0 Å². The lowest BCUT2D eigenvalue weighted by atomic mass is 9.87. The molecule has 2 heterocycles. The average Bonchev–Trinajstić information content (AvgIpc) is 2.42. The first-order chi connectivity index (χ1) is 10.9. The third kappa shape index (κ3) is 3.68. The highest BCUT2D eigenvalue weighted by Crippen LogP contribution is 2.38. The van der Waals surface area contributed by atoms with Crippen molar-refractivity contribution in [2.45, 2.75) is 52.3 Å². The van der Waals surface area contributed by atoms with Crippen LogP contribution in [0.5, 0.6) is 0 Å². The summed E-state index contributed by atoms with van der Waals surface area (Å²) in [4.78, 5) is 36.4. The third-order valence-corrected chi connectivity index (χ3v) is 6.23. The van der Waals surface area contributed by atoms with Gasteiger partial charge in [-0.05, 0) is 6.42 Å². The fourth-order valence-corrected chi connectivity index (χ4v) is 4.70. The number of fused-ring (bicyclic) bond motifs is 1. The fourth-order valence-electron chi connectivity index (χ4n) is 2.81. The van der Waals surface area contributed by atoms with Gasteiger partial charge in [0.15, 0.2) is 9.84 Å². The Kier molecular flexibility index (Phi) is 4.90. The van der Waals surface area contributed by atoms with Crippen LogP contribution in [0.25, 0.3) is 0 Å². The Morgan fingerprint density at radius 3 is 2.42 bits per heavy atom. The molecule has 0 aromatic carbocycles. The molecule has 0 bridgehead atoms. The molecule has 0 unspecified atom stereocenters. The smallest absolute Gasteiger partial charge is 0.302 e. The van der Waals surface area contributed by atoms with Crippen LogP contribution in [0.2, 0.25) is 0 Å². The summed E-state index contributed by atoms with van der Waals surface area (Å²) in [6.07, 6.45) is 0.448. The SMILES string of the molecule is CC(=O)OCC1=C(CCC(=O)C(C)(C)C)N2C(=O)C[C@@H]2S(=O)(=O)C1. The molecule has 0 aromatic heterocycles. The number of allylic oxidation sites excluding steroid dienone is 1. The normalized spacial score (nSPS) is 22.8. The van der Waals surface area contributed by atoms with Crippen LogP contribution in [0.3, 0.4) is 0 Å². The summed E-state index contributed by atoms with van der Waals surface area (Å²) < 4.78 is 29.4. The average molecular weight is 357 g/mol. The molecule has 2 aliphatic rings. The van der Waals surface area contributed by atoms with E-state index in [9.17, 15) is 22.8 Å². The standard InChI is InChI=1S/C16H23NO6S/c1-10(18)23-8-11-9-24(21,22)15-7-14(20)17(15)12(11)5-6-13(19)16(2,3)4/h15H,5-9H2,1-4H3/t15-/m0/s1. The van der Waals surface area contributed by atoms with Gasteiger partial charge in [0, 0.05) is 30.0 Å². The van der Waals surface area contributed by atoms with Gasteiger partial charge >= 0.3 is 5.97 Å². The van der Waals surface area contributed by atoms with E-state index in [1.165, 1.54) is 11.8 Å². The molecule has 24 heavy (non-hydrogen) atoms. The lowest BCUT2D eigenvalue weighted by molar-refractivity contribution is -0.140. The molecule has 0 radical (unpaired) electrons. The monoisotopic (exact) mass is 357 g/mol. The molecule has 0 N–H and O–H groups in total. The summed E-state index contributed by atoms with van der Waals surface area (Å²) in [5.74, 6) is -1.02. The highest BCUT2D eigenvalue weighted by Gasteiger charge is 2.50. The van der Waals surface area contributed by atoms with Gasteiger partial charge in [0.05, 0.1) is 12.2 Å². The number of carbonyl (C=O) groups excluding carboxylic acids is 3. The number of ether oxygens (including phenoxy) is 1. The zero-order valence-corrected chi connectivity index (χ0v) is 15.2. The van der Waals surface area contributed by atoms with Gasteiger partial charge in [0.1, 0.15) is 17.8 Å². The van der Waals surface area contributed by atoms with Crippen LogP contribution in [0.4, 0.5) is 0 Å². The molecule has 2 aliphatic heterocycles. The minimum atomic E-state index is -3.48. The molecule has 0 spiro atoms. The van der Waals surface area contributed by atoms with Gasteiger partial charge in [-0.3, -0.25) is 19.3 Å². The van der Waals surface area contributed by atoms with Gasteiger partial charge in [-0.1, -0.05) is 20.8 Å². The Morgan fingerprint density at radius 2 is 1.92 bits per heavy atom. The molecule has 7 nitrogen and oxygen atoms in total. The molecular weight excluding hydrogens is 334 g/mol. The van der Waals surface area contributed by atoms with Crippen LogP contribution in [0, 0.1) is 5.41 Å². The molecule has 0 saturated carbocycles. The highest BCUT2D eigenvalue weighted by molar-refractivity contribution is 7.92. The predicted octanol–water partition coefficient (Wildman–Crippen LogP) is 1.19. The number of nitrogens with zero attached hydrogens (tertiary/aromatic N) is 1. The molecule has 1 amide bonds. The van der Waals surface area contributed by atoms with Crippen molar-refractivity contribution in [2.75, 3.05) is 12.4 Å². The second kappa shape index (κ2) is 6.31. The number of hydrogen-bond donors (Lipinski definition) is 0. The Hall–Kier alpha value is -1.70. The Bertz CT molecular complexity index is 713. The maximum Gasteiger partial charge on any atom is 0.302 e. The third-order valence-electron chi connectivity index (χ3n) is 4.27. The second-order valence-corrected chi connectivity index (χ2v) is 9.39. The Labute approximate surface area is 141 Å². The number of Topliss-reactive ketones (excluding diaryl/α,β-unsaturated/α-hetero) is 1. The molecule has 0 aromatic rings. The quantitative estimate of drug-likeness (QED) is 0.541. The molecule has 134 valence electrons. The van der Waals surface area contributed by atoms with E-state index in [0.29, 0.717) is 11.3 Å². The van der Waals surface area contributed by atoms with Crippen molar-refractivity contribution in [1.29, 1.82) is 0 Å². The van der Waals surface area contributed by atoms with E-state index in [4.69, 9.17) is 4.74 Å². The van der Waals surface area contributed by atoms with Crippen molar-refractivity contribution < 1.29 is 27.5 Å². The van der Waals surface area contributed by atoms with E-state index >= 15 is 0 Å². The van der Waals surface area contributed by atoms with Gasteiger partial charge in [-0.2, -0.15) is 0 Å². The molecule has 1 saturated heterocycles. The van der Waals surface area contributed by atoms with Crippen molar-refractivity contribution in [3.05, 3.63) is 11.3 Å². The van der Waals surface area contributed by atoms with Crippen LogP contribution < -0.4 is 0 Å².